The van der Waals surface area contributed by atoms with Gasteiger partial charge in [-0.3, -0.25) is 9.59 Å². The lowest BCUT2D eigenvalue weighted by Gasteiger charge is -2.33. The minimum absolute atomic E-state index is 0.0177. The standard InChI is InChI=1S/C18H31N3O2/c1-12(2)19-17(22)13-7-9-21(10-8-13)18(23)16-11-14-5-3-4-6-15(14)20-16/h12-16,20H,3-11H2,1-2H3,(H,19,22)/t14-,15+,16-/m0/s1. The Hall–Kier alpha value is -1.10. The van der Waals surface area contributed by atoms with Gasteiger partial charge in [-0.25, -0.2) is 0 Å². The van der Waals surface area contributed by atoms with Crippen molar-refractivity contribution in [3.05, 3.63) is 0 Å². The highest BCUT2D eigenvalue weighted by Crippen LogP contribution is 2.34. The summed E-state index contributed by atoms with van der Waals surface area (Å²) in [6.07, 6.45) is 7.72. The van der Waals surface area contributed by atoms with Crippen molar-refractivity contribution in [2.75, 3.05) is 13.1 Å². The number of fused-ring (bicyclic) bond motifs is 1. The van der Waals surface area contributed by atoms with Crippen LogP contribution in [0.4, 0.5) is 0 Å². The molecule has 2 amide bonds. The highest BCUT2D eigenvalue weighted by molar-refractivity contribution is 5.83. The Balaban J connectivity index is 1.48. The Morgan fingerprint density at radius 1 is 1.09 bits per heavy atom. The average molecular weight is 321 g/mol. The van der Waals surface area contributed by atoms with Crippen molar-refractivity contribution < 1.29 is 9.59 Å². The van der Waals surface area contributed by atoms with E-state index >= 15 is 0 Å². The van der Waals surface area contributed by atoms with Gasteiger partial charge in [-0.15, -0.1) is 0 Å². The van der Waals surface area contributed by atoms with Crippen LogP contribution in [0.15, 0.2) is 0 Å². The molecular formula is C18H31N3O2. The third-order valence-electron chi connectivity index (χ3n) is 5.77. The van der Waals surface area contributed by atoms with Crippen molar-refractivity contribution in [2.45, 2.75) is 76.9 Å². The number of hydrogen-bond acceptors (Lipinski definition) is 3. The van der Waals surface area contributed by atoms with Crippen LogP contribution in [0.3, 0.4) is 0 Å². The third kappa shape index (κ3) is 3.87. The Morgan fingerprint density at radius 3 is 2.43 bits per heavy atom. The lowest BCUT2D eigenvalue weighted by Crippen LogP contribution is -2.50. The van der Waals surface area contributed by atoms with E-state index in [2.05, 4.69) is 10.6 Å². The predicted molar refractivity (Wildman–Crippen MR) is 89.9 cm³/mol. The number of nitrogens with zero attached hydrogens (tertiary/aromatic N) is 1. The van der Waals surface area contributed by atoms with Gasteiger partial charge in [-0.1, -0.05) is 12.8 Å². The number of amides is 2. The zero-order chi connectivity index (χ0) is 16.4. The summed E-state index contributed by atoms with van der Waals surface area (Å²) in [6, 6.07) is 0.768. The van der Waals surface area contributed by atoms with E-state index in [1.165, 1.54) is 25.7 Å². The Labute approximate surface area is 139 Å². The van der Waals surface area contributed by atoms with Crippen LogP contribution in [0.5, 0.6) is 0 Å². The van der Waals surface area contributed by atoms with Crippen molar-refractivity contribution in [3.63, 3.8) is 0 Å². The van der Waals surface area contributed by atoms with Gasteiger partial charge < -0.3 is 15.5 Å². The van der Waals surface area contributed by atoms with E-state index in [-0.39, 0.29) is 29.8 Å². The molecule has 130 valence electrons. The minimum atomic E-state index is 0.0177. The summed E-state index contributed by atoms with van der Waals surface area (Å²) in [5, 5.41) is 6.57. The molecule has 2 heterocycles. The Morgan fingerprint density at radius 2 is 1.78 bits per heavy atom. The van der Waals surface area contributed by atoms with Gasteiger partial charge >= 0.3 is 0 Å². The van der Waals surface area contributed by atoms with E-state index < -0.39 is 0 Å². The van der Waals surface area contributed by atoms with Crippen LogP contribution in [0.1, 0.15) is 58.8 Å². The maximum Gasteiger partial charge on any atom is 0.239 e. The SMILES string of the molecule is CC(C)NC(=O)C1CCN(C(=O)[C@@H]2C[C@@H]3CCCC[C@H]3N2)CC1. The fourth-order valence-corrected chi connectivity index (χ4v) is 4.50. The van der Waals surface area contributed by atoms with Gasteiger partial charge in [-0.05, 0) is 51.9 Å². The minimum Gasteiger partial charge on any atom is -0.354 e. The summed E-state index contributed by atoms with van der Waals surface area (Å²) in [4.78, 5) is 26.8. The molecule has 2 saturated heterocycles. The number of hydrogen-bond donors (Lipinski definition) is 2. The molecular weight excluding hydrogens is 290 g/mol. The molecule has 2 aliphatic heterocycles. The summed E-state index contributed by atoms with van der Waals surface area (Å²) in [5.41, 5.74) is 0. The Bertz CT molecular complexity index is 430. The van der Waals surface area contributed by atoms with Gasteiger partial charge in [0.1, 0.15) is 0 Å². The molecule has 5 nitrogen and oxygen atoms in total. The summed E-state index contributed by atoms with van der Waals surface area (Å²) in [6.45, 7) is 5.43. The molecule has 2 N–H and O–H groups in total. The molecule has 1 saturated carbocycles. The first kappa shape index (κ1) is 16.7. The third-order valence-corrected chi connectivity index (χ3v) is 5.77. The average Bonchev–Trinajstić information content (AvgIpc) is 2.97. The quantitative estimate of drug-likeness (QED) is 0.831. The van der Waals surface area contributed by atoms with Crippen LogP contribution >= 0.6 is 0 Å². The van der Waals surface area contributed by atoms with Gasteiger partial charge in [0.15, 0.2) is 0 Å². The number of carbonyl (C=O) groups excluding carboxylic acids is 2. The van der Waals surface area contributed by atoms with Gasteiger partial charge in [0.05, 0.1) is 6.04 Å². The van der Waals surface area contributed by atoms with Crippen LogP contribution in [-0.4, -0.2) is 47.9 Å². The Kier molecular flexibility index (Phi) is 5.24. The number of rotatable bonds is 3. The zero-order valence-corrected chi connectivity index (χ0v) is 14.5. The lowest BCUT2D eigenvalue weighted by atomic mass is 9.85. The van der Waals surface area contributed by atoms with E-state index in [1.807, 2.05) is 18.7 Å². The van der Waals surface area contributed by atoms with Crippen molar-refractivity contribution in [1.29, 1.82) is 0 Å². The smallest absolute Gasteiger partial charge is 0.239 e. The first-order valence-corrected chi connectivity index (χ1v) is 9.40. The van der Waals surface area contributed by atoms with E-state index in [1.54, 1.807) is 0 Å². The first-order chi connectivity index (χ1) is 11.0. The summed E-state index contributed by atoms with van der Waals surface area (Å²) in [7, 11) is 0. The van der Waals surface area contributed by atoms with Crippen molar-refractivity contribution in [1.82, 2.24) is 15.5 Å². The molecule has 3 fully saturated rings. The van der Waals surface area contributed by atoms with Crippen molar-refractivity contribution in [2.24, 2.45) is 11.8 Å². The maximum absolute atomic E-state index is 12.8. The zero-order valence-electron chi connectivity index (χ0n) is 14.5. The fourth-order valence-electron chi connectivity index (χ4n) is 4.50. The van der Waals surface area contributed by atoms with Crippen molar-refractivity contribution >= 4 is 11.8 Å². The molecule has 3 rings (SSSR count). The van der Waals surface area contributed by atoms with E-state index in [9.17, 15) is 9.59 Å². The first-order valence-electron chi connectivity index (χ1n) is 9.40. The normalized spacial score (nSPS) is 32.0. The second-order valence-corrected chi connectivity index (χ2v) is 7.87. The van der Waals surface area contributed by atoms with Gasteiger partial charge in [-0.2, -0.15) is 0 Å². The van der Waals surface area contributed by atoms with E-state index in [0.29, 0.717) is 12.0 Å². The van der Waals surface area contributed by atoms with Crippen molar-refractivity contribution in [3.8, 4) is 0 Å². The molecule has 0 unspecified atom stereocenters. The lowest BCUT2D eigenvalue weighted by molar-refractivity contribution is -0.137. The molecule has 3 aliphatic rings. The number of carbonyl (C=O) groups is 2. The van der Waals surface area contributed by atoms with Crippen LogP contribution in [0.25, 0.3) is 0 Å². The highest BCUT2D eigenvalue weighted by atomic mass is 16.2. The molecule has 0 bridgehead atoms. The summed E-state index contributed by atoms with van der Waals surface area (Å²) >= 11 is 0. The van der Waals surface area contributed by atoms with Crippen LogP contribution in [-0.2, 0) is 9.59 Å². The van der Waals surface area contributed by atoms with Crippen LogP contribution < -0.4 is 10.6 Å². The second-order valence-electron chi connectivity index (χ2n) is 7.87. The van der Waals surface area contributed by atoms with Crippen LogP contribution in [0.2, 0.25) is 0 Å². The molecule has 23 heavy (non-hydrogen) atoms. The summed E-state index contributed by atoms with van der Waals surface area (Å²) in [5.74, 6) is 1.19. The summed E-state index contributed by atoms with van der Waals surface area (Å²) < 4.78 is 0. The topological polar surface area (TPSA) is 61.4 Å². The van der Waals surface area contributed by atoms with E-state index in [4.69, 9.17) is 0 Å². The molecule has 0 aromatic rings. The fraction of sp³-hybridized carbons (Fsp3) is 0.889. The molecule has 0 aromatic carbocycles. The van der Waals surface area contributed by atoms with E-state index in [0.717, 1.165) is 32.4 Å². The monoisotopic (exact) mass is 321 g/mol. The molecule has 5 heteroatoms. The molecule has 3 atom stereocenters. The van der Waals surface area contributed by atoms with Gasteiger partial charge in [0.2, 0.25) is 11.8 Å². The molecule has 1 aliphatic carbocycles. The second kappa shape index (κ2) is 7.20. The number of nitrogens with one attached hydrogen (secondary N) is 2. The molecule has 0 spiro atoms. The number of likely N-dealkylation sites (tertiary alicyclic amines) is 1. The highest BCUT2D eigenvalue weighted by Gasteiger charge is 2.40. The van der Waals surface area contributed by atoms with Crippen LogP contribution in [0, 0.1) is 11.8 Å². The maximum atomic E-state index is 12.8. The number of piperidine rings is 1. The van der Waals surface area contributed by atoms with Gasteiger partial charge in [0, 0.05) is 31.1 Å². The molecule has 0 radical (unpaired) electrons. The molecule has 0 aromatic heterocycles. The largest absolute Gasteiger partial charge is 0.354 e. The van der Waals surface area contributed by atoms with Gasteiger partial charge in [0.25, 0.3) is 0 Å². The predicted octanol–water partition coefficient (Wildman–Crippen LogP) is 1.67.